The maximum atomic E-state index is 5.43. The SMILES string of the molecule is CCc1occc1-c1nnc2n1CCNC2. The number of hydrogen-bond acceptors (Lipinski definition) is 4. The van der Waals surface area contributed by atoms with Gasteiger partial charge in [-0.2, -0.15) is 0 Å². The zero-order valence-electron chi connectivity index (χ0n) is 9.23. The largest absolute Gasteiger partial charge is 0.469 e. The summed E-state index contributed by atoms with van der Waals surface area (Å²) in [5.74, 6) is 2.92. The summed E-state index contributed by atoms with van der Waals surface area (Å²) in [5, 5.41) is 11.7. The molecule has 0 unspecified atom stereocenters. The Morgan fingerprint density at radius 3 is 3.31 bits per heavy atom. The van der Waals surface area contributed by atoms with Crippen LogP contribution in [-0.2, 0) is 19.5 Å². The highest BCUT2D eigenvalue weighted by atomic mass is 16.3. The van der Waals surface area contributed by atoms with Crippen molar-refractivity contribution in [1.82, 2.24) is 20.1 Å². The van der Waals surface area contributed by atoms with Crippen LogP contribution in [0.1, 0.15) is 18.5 Å². The average Bonchev–Trinajstić information content (AvgIpc) is 2.94. The highest BCUT2D eigenvalue weighted by Gasteiger charge is 2.19. The van der Waals surface area contributed by atoms with Gasteiger partial charge in [0.05, 0.1) is 18.4 Å². The molecule has 0 fully saturated rings. The fourth-order valence-corrected chi connectivity index (χ4v) is 2.10. The van der Waals surface area contributed by atoms with Crippen molar-refractivity contribution in [1.29, 1.82) is 0 Å². The van der Waals surface area contributed by atoms with Crippen LogP contribution in [0.5, 0.6) is 0 Å². The number of rotatable bonds is 2. The molecule has 0 saturated heterocycles. The number of aromatic nitrogens is 3. The van der Waals surface area contributed by atoms with Crippen LogP contribution in [0.2, 0.25) is 0 Å². The molecule has 1 N–H and O–H groups in total. The second kappa shape index (κ2) is 3.75. The molecule has 0 amide bonds. The number of aryl methyl sites for hydroxylation is 1. The van der Waals surface area contributed by atoms with Gasteiger partial charge in [-0.3, -0.25) is 0 Å². The van der Waals surface area contributed by atoms with Gasteiger partial charge in [-0.1, -0.05) is 6.92 Å². The smallest absolute Gasteiger partial charge is 0.167 e. The van der Waals surface area contributed by atoms with Crippen LogP contribution in [0.25, 0.3) is 11.4 Å². The molecular weight excluding hydrogens is 204 g/mol. The number of nitrogens with zero attached hydrogens (tertiary/aromatic N) is 3. The summed E-state index contributed by atoms with van der Waals surface area (Å²) in [6, 6.07) is 1.97. The number of nitrogens with one attached hydrogen (secondary N) is 1. The fraction of sp³-hybridized carbons (Fsp3) is 0.455. The third kappa shape index (κ3) is 1.36. The molecule has 5 nitrogen and oxygen atoms in total. The highest BCUT2D eigenvalue weighted by molar-refractivity contribution is 5.57. The molecule has 84 valence electrons. The van der Waals surface area contributed by atoms with Crippen LogP contribution in [0.3, 0.4) is 0 Å². The van der Waals surface area contributed by atoms with E-state index in [1.54, 1.807) is 6.26 Å². The molecule has 0 atom stereocenters. The molecule has 0 bridgehead atoms. The molecule has 16 heavy (non-hydrogen) atoms. The Morgan fingerprint density at radius 1 is 1.50 bits per heavy atom. The molecule has 0 aromatic carbocycles. The van der Waals surface area contributed by atoms with Gasteiger partial charge in [0, 0.05) is 19.5 Å². The molecule has 1 aliphatic rings. The van der Waals surface area contributed by atoms with Gasteiger partial charge in [0.25, 0.3) is 0 Å². The van der Waals surface area contributed by atoms with Crippen LogP contribution in [0, 0.1) is 0 Å². The first kappa shape index (κ1) is 9.59. The summed E-state index contributed by atoms with van der Waals surface area (Å²) in [7, 11) is 0. The summed E-state index contributed by atoms with van der Waals surface area (Å²) >= 11 is 0. The first-order valence-corrected chi connectivity index (χ1v) is 5.59. The molecule has 3 rings (SSSR count). The van der Waals surface area contributed by atoms with Crippen molar-refractivity contribution >= 4 is 0 Å². The predicted molar refractivity (Wildman–Crippen MR) is 58.8 cm³/mol. The van der Waals surface area contributed by atoms with E-state index in [2.05, 4.69) is 27.0 Å². The lowest BCUT2D eigenvalue weighted by Crippen LogP contribution is -2.28. The monoisotopic (exact) mass is 218 g/mol. The van der Waals surface area contributed by atoms with Crippen LogP contribution >= 0.6 is 0 Å². The van der Waals surface area contributed by atoms with Crippen molar-refractivity contribution < 1.29 is 4.42 Å². The zero-order chi connectivity index (χ0) is 11.0. The van der Waals surface area contributed by atoms with E-state index in [-0.39, 0.29) is 0 Å². The van der Waals surface area contributed by atoms with Crippen molar-refractivity contribution in [2.24, 2.45) is 0 Å². The van der Waals surface area contributed by atoms with Crippen LogP contribution in [0.15, 0.2) is 16.7 Å². The first-order chi connectivity index (χ1) is 7.90. The summed E-state index contributed by atoms with van der Waals surface area (Å²) in [6.45, 7) is 4.77. The summed E-state index contributed by atoms with van der Waals surface area (Å²) in [4.78, 5) is 0. The zero-order valence-corrected chi connectivity index (χ0v) is 9.23. The van der Waals surface area contributed by atoms with Gasteiger partial charge in [-0.25, -0.2) is 0 Å². The normalized spacial score (nSPS) is 15.1. The van der Waals surface area contributed by atoms with E-state index >= 15 is 0 Å². The Labute approximate surface area is 93.5 Å². The van der Waals surface area contributed by atoms with Gasteiger partial charge < -0.3 is 14.3 Å². The van der Waals surface area contributed by atoms with E-state index in [4.69, 9.17) is 4.42 Å². The maximum Gasteiger partial charge on any atom is 0.167 e. The van der Waals surface area contributed by atoms with E-state index in [1.165, 1.54) is 0 Å². The number of hydrogen-bond donors (Lipinski definition) is 1. The van der Waals surface area contributed by atoms with Crippen molar-refractivity contribution in [3.8, 4) is 11.4 Å². The molecule has 3 heterocycles. The molecule has 0 radical (unpaired) electrons. The number of furan rings is 1. The summed E-state index contributed by atoms with van der Waals surface area (Å²) in [5.41, 5.74) is 1.07. The number of fused-ring (bicyclic) bond motifs is 1. The minimum Gasteiger partial charge on any atom is -0.469 e. The quantitative estimate of drug-likeness (QED) is 0.823. The topological polar surface area (TPSA) is 55.9 Å². The van der Waals surface area contributed by atoms with E-state index in [9.17, 15) is 0 Å². The minimum atomic E-state index is 0.798. The average molecular weight is 218 g/mol. The molecule has 2 aromatic heterocycles. The Morgan fingerprint density at radius 2 is 2.44 bits per heavy atom. The maximum absolute atomic E-state index is 5.43. The molecule has 0 aliphatic carbocycles. The van der Waals surface area contributed by atoms with Crippen molar-refractivity contribution in [2.75, 3.05) is 6.54 Å². The Bertz CT molecular complexity index is 500. The van der Waals surface area contributed by atoms with Gasteiger partial charge in [-0.05, 0) is 6.07 Å². The molecule has 0 spiro atoms. The summed E-state index contributed by atoms with van der Waals surface area (Å²) in [6.07, 6.45) is 2.60. The molecule has 1 aliphatic heterocycles. The Hall–Kier alpha value is -1.62. The Kier molecular flexibility index (Phi) is 2.25. The third-order valence-electron chi connectivity index (χ3n) is 2.93. The molecule has 0 saturated carbocycles. The standard InChI is InChI=1S/C11H14N4O/c1-2-9-8(3-6-16-9)11-14-13-10-7-12-4-5-15(10)11/h3,6,12H,2,4-5,7H2,1H3. The lowest BCUT2D eigenvalue weighted by molar-refractivity contribution is 0.504. The van der Waals surface area contributed by atoms with Crippen LogP contribution < -0.4 is 5.32 Å². The minimum absolute atomic E-state index is 0.798. The van der Waals surface area contributed by atoms with E-state index in [0.717, 1.165) is 49.0 Å². The highest BCUT2D eigenvalue weighted by Crippen LogP contribution is 2.25. The van der Waals surface area contributed by atoms with Gasteiger partial charge >= 0.3 is 0 Å². The molecule has 2 aromatic rings. The van der Waals surface area contributed by atoms with Crippen molar-refractivity contribution in [3.05, 3.63) is 23.9 Å². The van der Waals surface area contributed by atoms with Crippen molar-refractivity contribution in [3.63, 3.8) is 0 Å². The Balaban J connectivity index is 2.09. The van der Waals surface area contributed by atoms with Gasteiger partial charge in [0.15, 0.2) is 5.82 Å². The van der Waals surface area contributed by atoms with Crippen LogP contribution in [0.4, 0.5) is 0 Å². The van der Waals surface area contributed by atoms with E-state index in [1.807, 2.05) is 6.07 Å². The van der Waals surface area contributed by atoms with E-state index in [0.29, 0.717) is 0 Å². The van der Waals surface area contributed by atoms with Gasteiger partial charge in [-0.15, -0.1) is 10.2 Å². The van der Waals surface area contributed by atoms with Gasteiger partial charge in [0.1, 0.15) is 11.6 Å². The lowest BCUT2D eigenvalue weighted by Gasteiger charge is -2.15. The van der Waals surface area contributed by atoms with Crippen LogP contribution in [-0.4, -0.2) is 21.3 Å². The summed E-state index contributed by atoms with van der Waals surface area (Å²) < 4.78 is 7.60. The molecule has 5 heteroatoms. The van der Waals surface area contributed by atoms with Crippen molar-refractivity contribution in [2.45, 2.75) is 26.4 Å². The third-order valence-corrected chi connectivity index (χ3v) is 2.93. The van der Waals surface area contributed by atoms with E-state index < -0.39 is 0 Å². The predicted octanol–water partition coefficient (Wildman–Crippen LogP) is 1.20. The molecular formula is C11H14N4O. The second-order valence-electron chi connectivity index (χ2n) is 3.88. The fourth-order valence-electron chi connectivity index (χ4n) is 2.10. The first-order valence-electron chi connectivity index (χ1n) is 5.59. The lowest BCUT2D eigenvalue weighted by atomic mass is 10.2. The van der Waals surface area contributed by atoms with Gasteiger partial charge in [0.2, 0.25) is 0 Å². The second-order valence-corrected chi connectivity index (χ2v) is 3.88.